The van der Waals surface area contributed by atoms with Crippen molar-refractivity contribution in [2.75, 3.05) is 5.32 Å². The number of hydrogen-bond donors (Lipinski definition) is 2. The number of fused-ring (bicyclic) bond motifs is 1. The molecule has 1 amide bonds. The first-order valence-electron chi connectivity index (χ1n) is 9.12. The molecule has 5 heteroatoms. The fraction of sp³-hybridized carbons (Fsp3) is 0.0870. The van der Waals surface area contributed by atoms with Gasteiger partial charge in [-0.25, -0.2) is 4.98 Å². The number of anilines is 1. The molecule has 0 bridgehead atoms. The Bertz CT molecular complexity index is 1170. The minimum atomic E-state index is -0.183. The van der Waals surface area contributed by atoms with Crippen LogP contribution in [0.1, 0.15) is 12.2 Å². The van der Waals surface area contributed by atoms with Crippen molar-refractivity contribution in [2.45, 2.75) is 12.8 Å². The molecule has 0 fully saturated rings. The maximum atomic E-state index is 12.3. The summed E-state index contributed by atoms with van der Waals surface area (Å²) in [5.41, 5.74) is 3.42. The van der Waals surface area contributed by atoms with Crippen molar-refractivity contribution in [1.29, 1.82) is 0 Å². The summed E-state index contributed by atoms with van der Waals surface area (Å²) in [6, 6.07) is 25.0. The maximum Gasteiger partial charge on any atom is 0.258 e. The molecule has 0 aliphatic heterocycles. The van der Waals surface area contributed by atoms with Gasteiger partial charge in [0.05, 0.1) is 10.9 Å². The predicted octanol–water partition coefficient (Wildman–Crippen LogP) is 4.16. The van der Waals surface area contributed by atoms with Crippen molar-refractivity contribution in [3.05, 3.63) is 95.0 Å². The molecule has 0 unspecified atom stereocenters. The molecule has 2 N–H and O–H groups in total. The van der Waals surface area contributed by atoms with Gasteiger partial charge in [-0.2, -0.15) is 0 Å². The predicted molar refractivity (Wildman–Crippen MR) is 111 cm³/mol. The topological polar surface area (TPSA) is 74.8 Å². The molecule has 4 aromatic rings. The Labute approximate surface area is 162 Å². The van der Waals surface area contributed by atoms with E-state index in [0.29, 0.717) is 23.1 Å². The number of para-hydroxylation sites is 1. The lowest BCUT2D eigenvalue weighted by Crippen LogP contribution is -2.16. The monoisotopic (exact) mass is 369 g/mol. The van der Waals surface area contributed by atoms with Crippen molar-refractivity contribution in [3.8, 4) is 11.1 Å². The zero-order valence-corrected chi connectivity index (χ0v) is 15.2. The van der Waals surface area contributed by atoms with Crippen LogP contribution in [-0.2, 0) is 11.2 Å². The van der Waals surface area contributed by atoms with Crippen LogP contribution >= 0.6 is 0 Å². The Kier molecular flexibility index (Phi) is 4.97. The van der Waals surface area contributed by atoms with Gasteiger partial charge in [-0.3, -0.25) is 9.59 Å². The van der Waals surface area contributed by atoms with Crippen LogP contribution in [0.25, 0.3) is 22.0 Å². The highest BCUT2D eigenvalue weighted by Gasteiger charge is 2.07. The second kappa shape index (κ2) is 7.88. The van der Waals surface area contributed by atoms with Crippen molar-refractivity contribution in [2.24, 2.45) is 0 Å². The number of carbonyl (C=O) groups excluding carboxylic acids is 1. The van der Waals surface area contributed by atoms with Crippen molar-refractivity contribution in [1.82, 2.24) is 9.97 Å². The molecule has 5 nitrogen and oxygen atoms in total. The molecular weight excluding hydrogens is 350 g/mol. The maximum absolute atomic E-state index is 12.3. The van der Waals surface area contributed by atoms with Crippen LogP contribution in [0.5, 0.6) is 0 Å². The molecular formula is C23H19N3O2. The Balaban J connectivity index is 1.39. The quantitative estimate of drug-likeness (QED) is 0.555. The molecule has 138 valence electrons. The molecule has 0 radical (unpaired) electrons. The molecule has 0 saturated carbocycles. The minimum Gasteiger partial charge on any atom is -0.326 e. The number of carbonyl (C=O) groups is 1. The van der Waals surface area contributed by atoms with Crippen molar-refractivity contribution >= 4 is 22.5 Å². The summed E-state index contributed by atoms with van der Waals surface area (Å²) in [5, 5.41) is 3.43. The summed E-state index contributed by atoms with van der Waals surface area (Å²) in [7, 11) is 0. The molecule has 1 heterocycles. The van der Waals surface area contributed by atoms with Crippen LogP contribution in [-0.4, -0.2) is 15.9 Å². The van der Waals surface area contributed by atoms with Crippen LogP contribution in [0.3, 0.4) is 0 Å². The lowest BCUT2D eigenvalue weighted by molar-refractivity contribution is -0.116. The third-order valence-electron chi connectivity index (χ3n) is 4.53. The minimum absolute atomic E-state index is 0.122. The van der Waals surface area contributed by atoms with Crippen LogP contribution < -0.4 is 10.9 Å². The normalized spacial score (nSPS) is 10.7. The fourth-order valence-corrected chi connectivity index (χ4v) is 3.09. The fourth-order valence-electron chi connectivity index (χ4n) is 3.09. The van der Waals surface area contributed by atoms with E-state index in [4.69, 9.17) is 0 Å². The van der Waals surface area contributed by atoms with Gasteiger partial charge in [0.25, 0.3) is 5.56 Å². The molecule has 4 rings (SSSR count). The number of rotatable bonds is 5. The number of aromatic amines is 1. The van der Waals surface area contributed by atoms with E-state index in [-0.39, 0.29) is 17.9 Å². The van der Waals surface area contributed by atoms with Gasteiger partial charge in [0.2, 0.25) is 5.91 Å². The number of aromatic nitrogens is 2. The number of H-pyrrole nitrogens is 1. The number of nitrogens with one attached hydrogen (secondary N) is 2. The second-order valence-corrected chi connectivity index (χ2v) is 6.52. The van der Waals surface area contributed by atoms with Gasteiger partial charge in [0.15, 0.2) is 0 Å². The standard InChI is InChI=1S/C23H19N3O2/c27-22(15-14-21-25-20-9-5-4-8-19(20)23(28)26-21)24-18-12-10-17(11-13-18)16-6-2-1-3-7-16/h1-13H,14-15H2,(H,24,27)(H,25,26,28). The van der Waals surface area contributed by atoms with E-state index < -0.39 is 0 Å². The Morgan fingerprint density at radius 3 is 2.32 bits per heavy atom. The first-order valence-corrected chi connectivity index (χ1v) is 9.12. The van der Waals surface area contributed by atoms with E-state index in [1.165, 1.54) is 0 Å². The molecule has 0 aliphatic rings. The van der Waals surface area contributed by atoms with Gasteiger partial charge in [-0.1, -0.05) is 54.6 Å². The highest BCUT2D eigenvalue weighted by atomic mass is 16.1. The zero-order chi connectivity index (χ0) is 19.3. The molecule has 0 spiro atoms. The lowest BCUT2D eigenvalue weighted by Gasteiger charge is -2.07. The van der Waals surface area contributed by atoms with Gasteiger partial charge in [0.1, 0.15) is 5.82 Å². The highest BCUT2D eigenvalue weighted by molar-refractivity contribution is 5.91. The molecule has 1 aromatic heterocycles. The van der Waals surface area contributed by atoms with Gasteiger partial charge in [-0.15, -0.1) is 0 Å². The Hall–Kier alpha value is -3.73. The molecule has 28 heavy (non-hydrogen) atoms. The summed E-state index contributed by atoms with van der Waals surface area (Å²) in [6.07, 6.45) is 0.607. The second-order valence-electron chi connectivity index (χ2n) is 6.52. The number of hydrogen-bond acceptors (Lipinski definition) is 3. The van der Waals surface area contributed by atoms with E-state index in [1.807, 2.05) is 60.7 Å². The Morgan fingerprint density at radius 1 is 0.857 bits per heavy atom. The third kappa shape index (κ3) is 3.99. The summed E-state index contributed by atoms with van der Waals surface area (Å²) >= 11 is 0. The summed E-state index contributed by atoms with van der Waals surface area (Å²) in [6.45, 7) is 0. The van der Waals surface area contributed by atoms with E-state index in [1.54, 1.807) is 18.2 Å². The summed E-state index contributed by atoms with van der Waals surface area (Å²) < 4.78 is 0. The lowest BCUT2D eigenvalue weighted by atomic mass is 10.1. The van der Waals surface area contributed by atoms with E-state index in [9.17, 15) is 9.59 Å². The van der Waals surface area contributed by atoms with E-state index >= 15 is 0 Å². The largest absolute Gasteiger partial charge is 0.326 e. The van der Waals surface area contributed by atoms with Crippen LogP contribution in [0.15, 0.2) is 83.7 Å². The molecule has 0 saturated heterocycles. The zero-order valence-electron chi connectivity index (χ0n) is 15.2. The average molecular weight is 369 g/mol. The average Bonchev–Trinajstić information content (AvgIpc) is 2.73. The van der Waals surface area contributed by atoms with Crippen LogP contribution in [0.4, 0.5) is 5.69 Å². The molecule has 3 aromatic carbocycles. The Morgan fingerprint density at radius 2 is 1.54 bits per heavy atom. The SMILES string of the molecule is O=C(CCc1nc2ccccc2c(=O)[nH]1)Nc1ccc(-c2ccccc2)cc1. The summed E-state index contributed by atoms with van der Waals surface area (Å²) in [4.78, 5) is 31.5. The van der Waals surface area contributed by atoms with E-state index in [2.05, 4.69) is 15.3 Å². The molecule has 0 aliphatic carbocycles. The van der Waals surface area contributed by atoms with Gasteiger partial charge >= 0.3 is 0 Å². The first kappa shape index (κ1) is 17.7. The van der Waals surface area contributed by atoms with Gasteiger partial charge in [0, 0.05) is 18.5 Å². The first-order chi connectivity index (χ1) is 13.7. The smallest absolute Gasteiger partial charge is 0.258 e. The van der Waals surface area contributed by atoms with Crippen molar-refractivity contribution < 1.29 is 4.79 Å². The van der Waals surface area contributed by atoms with Gasteiger partial charge < -0.3 is 10.3 Å². The molecule has 0 atom stereocenters. The van der Waals surface area contributed by atoms with Crippen LogP contribution in [0.2, 0.25) is 0 Å². The summed E-state index contributed by atoms with van der Waals surface area (Å²) in [5.74, 6) is 0.390. The van der Waals surface area contributed by atoms with Gasteiger partial charge in [-0.05, 0) is 35.4 Å². The third-order valence-corrected chi connectivity index (χ3v) is 4.53. The van der Waals surface area contributed by atoms with Crippen molar-refractivity contribution in [3.63, 3.8) is 0 Å². The number of aryl methyl sites for hydroxylation is 1. The number of nitrogens with zero attached hydrogens (tertiary/aromatic N) is 1. The van der Waals surface area contributed by atoms with E-state index in [0.717, 1.165) is 16.8 Å². The van der Waals surface area contributed by atoms with Crippen LogP contribution in [0, 0.1) is 0 Å². The number of benzene rings is 3. The highest BCUT2D eigenvalue weighted by Crippen LogP contribution is 2.21. The number of amides is 1.